The van der Waals surface area contributed by atoms with Crippen LogP contribution in [0.1, 0.15) is 31.2 Å². The number of imidazole rings is 1. The maximum atomic E-state index is 10.7. The van der Waals surface area contributed by atoms with E-state index in [0.717, 1.165) is 36.0 Å². The van der Waals surface area contributed by atoms with Crippen LogP contribution in [0.5, 0.6) is 0 Å². The first kappa shape index (κ1) is 14.5. The summed E-state index contributed by atoms with van der Waals surface area (Å²) in [7, 11) is 0. The summed E-state index contributed by atoms with van der Waals surface area (Å²) in [4.78, 5) is 15.2. The number of nitrogens with zero attached hydrogens (tertiary/aromatic N) is 2. The lowest BCUT2D eigenvalue weighted by atomic mass is 10.2. The molecule has 5 heteroatoms. The molecular weight excluding hydrogens is 256 g/mol. The molecule has 0 spiro atoms. The molecule has 0 amide bonds. The highest BCUT2D eigenvalue weighted by Crippen LogP contribution is 2.20. The molecule has 1 aromatic carbocycles. The lowest BCUT2D eigenvalue weighted by molar-refractivity contribution is -0.141. The van der Waals surface area contributed by atoms with Crippen LogP contribution in [0.15, 0.2) is 18.2 Å². The van der Waals surface area contributed by atoms with E-state index in [1.54, 1.807) is 0 Å². The van der Waals surface area contributed by atoms with Crippen LogP contribution in [0.25, 0.3) is 11.0 Å². The topological polar surface area (TPSA) is 64.3 Å². The Labute approximate surface area is 118 Å². The van der Waals surface area contributed by atoms with Gasteiger partial charge >= 0.3 is 5.97 Å². The lowest BCUT2D eigenvalue weighted by Gasteiger charge is -2.08. The smallest absolute Gasteiger partial charge is 0.302 e. The maximum absolute atomic E-state index is 10.7. The van der Waals surface area contributed by atoms with E-state index >= 15 is 0 Å². The van der Waals surface area contributed by atoms with Crippen molar-refractivity contribution in [1.29, 1.82) is 0 Å². The molecule has 0 atom stereocenters. The quantitative estimate of drug-likeness (QED) is 0.649. The summed E-state index contributed by atoms with van der Waals surface area (Å²) in [5, 5.41) is 9.43. The van der Waals surface area contributed by atoms with Gasteiger partial charge in [0.15, 0.2) is 0 Å². The van der Waals surface area contributed by atoms with Crippen molar-refractivity contribution in [3.05, 3.63) is 29.6 Å². The zero-order valence-corrected chi connectivity index (χ0v) is 11.9. The normalized spacial score (nSPS) is 10.9. The number of unbranched alkanes of at least 4 members (excludes halogenated alkanes) is 1. The number of aromatic nitrogens is 2. The summed E-state index contributed by atoms with van der Waals surface area (Å²) in [6.45, 7) is 4.56. The van der Waals surface area contributed by atoms with Crippen LogP contribution in [0.4, 0.5) is 0 Å². The van der Waals surface area contributed by atoms with Gasteiger partial charge in [-0.25, -0.2) is 4.98 Å². The number of carbonyl (C=O) groups is 1. The Kier molecular flexibility index (Phi) is 4.74. The van der Waals surface area contributed by atoms with Crippen LogP contribution in [-0.2, 0) is 22.7 Å². The number of fused-ring (bicyclic) bond motifs is 1. The van der Waals surface area contributed by atoms with E-state index in [-0.39, 0.29) is 12.6 Å². The van der Waals surface area contributed by atoms with E-state index in [1.165, 1.54) is 6.92 Å². The molecule has 2 rings (SSSR count). The van der Waals surface area contributed by atoms with E-state index in [1.807, 2.05) is 29.7 Å². The Bertz CT molecular complexity index is 604. The fraction of sp³-hybridized carbons (Fsp3) is 0.467. The molecule has 0 aliphatic rings. The molecule has 1 heterocycles. The minimum Gasteiger partial charge on any atom is -0.466 e. The number of aliphatic hydroxyl groups is 1. The van der Waals surface area contributed by atoms with E-state index in [9.17, 15) is 9.90 Å². The van der Waals surface area contributed by atoms with Crippen LogP contribution in [0.2, 0.25) is 0 Å². The van der Waals surface area contributed by atoms with Crippen LogP contribution < -0.4 is 0 Å². The van der Waals surface area contributed by atoms with Crippen molar-refractivity contribution in [2.24, 2.45) is 0 Å². The lowest BCUT2D eigenvalue weighted by Crippen LogP contribution is -2.06. The summed E-state index contributed by atoms with van der Waals surface area (Å²) in [5.74, 6) is 0.437. The average Bonchev–Trinajstić information content (AvgIpc) is 2.78. The Morgan fingerprint density at radius 3 is 2.90 bits per heavy atom. The fourth-order valence-electron chi connectivity index (χ4n) is 2.29. The minimum atomic E-state index is -0.246. The molecule has 5 nitrogen and oxygen atoms in total. The first-order valence-electron chi connectivity index (χ1n) is 6.82. The van der Waals surface area contributed by atoms with Gasteiger partial charge in [-0.15, -0.1) is 0 Å². The summed E-state index contributed by atoms with van der Waals surface area (Å²) < 4.78 is 6.95. The van der Waals surface area contributed by atoms with E-state index in [4.69, 9.17) is 4.74 Å². The predicted molar refractivity (Wildman–Crippen MR) is 76.3 cm³/mol. The molecular formula is C15H20N2O3. The molecule has 0 aliphatic heterocycles. The number of benzene rings is 1. The first-order chi connectivity index (χ1) is 9.63. The number of hydrogen-bond donors (Lipinski definition) is 1. The van der Waals surface area contributed by atoms with Gasteiger partial charge in [0.1, 0.15) is 12.4 Å². The molecule has 0 saturated carbocycles. The summed E-state index contributed by atoms with van der Waals surface area (Å²) >= 11 is 0. The van der Waals surface area contributed by atoms with Gasteiger partial charge in [-0.1, -0.05) is 12.1 Å². The van der Waals surface area contributed by atoms with Gasteiger partial charge in [-0.3, -0.25) is 4.79 Å². The second-order valence-corrected chi connectivity index (χ2v) is 4.83. The highest BCUT2D eigenvalue weighted by atomic mass is 16.5. The predicted octanol–water partition coefficient (Wildman–Crippen LogP) is 2.18. The monoisotopic (exact) mass is 276 g/mol. The van der Waals surface area contributed by atoms with Crippen molar-refractivity contribution >= 4 is 17.0 Å². The first-order valence-corrected chi connectivity index (χ1v) is 6.82. The molecule has 0 unspecified atom stereocenters. The Hall–Kier alpha value is -1.88. The number of esters is 1. The number of hydrogen-bond acceptors (Lipinski definition) is 4. The van der Waals surface area contributed by atoms with Crippen LogP contribution >= 0.6 is 0 Å². The number of rotatable bonds is 6. The largest absolute Gasteiger partial charge is 0.466 e. The molecule has 1 aromatic heterocycles. The molecule has 0 aliphatic carbocycles. The molecule has 0 fully saturated rings. The number of aryl methyl sites for hydroxylation is 2. The fourth-order valence-corrected chi connectivity index (χ4v) is 2.29. The van der Waals surface area contributed by atoms with Crippen LogP contribution in [-0.4, -0.2) is 27.2 Å². The molecule has 0 saturated heterocycles. The Balaban J connectivity index is 2.08. The molecule has 1 N–H and O–H groups in total. The maximum Gasteiger partial charge on any atom is 0.302 e. The van der Waals surface area contributed by atoms with Crippen molar-refractivity contribution in [1.82, 2.24) is 9.55 Å². The van der Waals surface area contributed by atoms with E-state index in [2.05, 4.69) is 4.98 Å². The van der Waals surface area contributed by atoms with Gasteiger partial charge in [-0.2, -0.15) is 0 Å². The van der Waals surface area contributed by atoms with Gasteiger partial charge in [0.05, 0.1) is 17.6 Å². The number of para-hydroxylation sites is 1. The van der Waals surface area contributed by atoms with Crippen molar-refractivity contribution in [2.45, 2.75) is 39.8 Å². The number of ether oxygens (including phenoxy) is 1. The third kappa shape index (κ3) is 3.17. The summed E-state index contributed by atoms with van der Waals surface area (Å²) in [5.41, 5.74) is 3.09. The van der Waals surface area contributed by atoms with Crippen molar-refractivity contribution in [3.8, 4) is 0 Å². The summed E-state index contributed by atoms with van der Waals surface area (Å²) in [6, 6.07) is 6.03. The highest BCUT2D eigenvalue weighted by Gasteiger charge is 2.10. The van der Waals surface area contributed by atoms with Gasteiger partial charge in [0, 0.05) is 13.5 Å². The average molecular weight is 276 g/mol. The SMILES string of the molecule is CC(=O)OCCCCn1c(CO)nc2c(C)cccc21. The standard InChI is InChI=1S/C15H20N2O3/c1-11-6-5-7-13-15(11)16-14(10-18)17(13)8-3-4-9-20-12(2)19/h5-7,18H,3-4,8-10H2,1-2H3. The molecule has 108 valence electrons. The zero-order valence-electron chi connectivity index (χ0n) is 11.9. The molecule has 0 bridgehead atoms. The number of aliphatic hydroxyl groups excluding tert-OH is 1. The Morgan fingerprint density at radius 1 is 1.40 bits per heavy atom. The third-order valence-electron chi connectivity index (χ3n) is 3.28. The van der Waals surface area contributed by atoms with Gasteiger partial charge in [0.25, 0.3) is 0 Å². The van der Waals surface area contributed by atoms with Crippen LogP contribution in [0.3, 0.4) is 0 Å². The van der Waals surface area contributed by atoms with Crippen LogP contribution in [0, 0.1) is 6.92 Å². The van der Waals surface area contributed by atoms with E-state index in [0.29, 0.717) is 12.4 Å². The van der Waals surface area contributed by atoms with Crippen molar-refractivity contribution in [3.63, 3.8) is 0 Å². The summed E-state index contributed by atoms with van der Waals surface area (Å²) in [6.07, 6.45) is 1.68. The second kappa shape index (κ2) is 6.52. The molecule has 20 heavy (non-hydrogen) atoms. The van der Waals surface area contributed by atoms with Crippen molar-refractivity contribution in [2.75, 3.05) is 6.61 Å². The van der Waals surface area contributed by atoms with Gasteiger partial charge in [0.2, 0.25) is 0 Å². The third-order valence-corrected chi connectivity index (χ3v) is 3.28. The Morgan fingerprint density at radius 2 is 2.20 bits per heavy atom. The molecule has 2 aromatic rings. The van der Waals surface area contributed by atoms with Gasteiger partial charge < -0.3 is 14.4 Å². The van der Waals surface area contributed by atoms with E-state index < -0.39 is 0 Å². The highest BCUT2D eigenvalue weighted by molar-refractivity contribution is 5.79. The molecule has 0 radical (unpaired) electrons. The number of carbonyl (C=O) groups excluding carboxylic acids is 1. The van der Waals surface area contributed by atoms with Gasteiger partial charge in [-0.05, 0) is 31.4 Å². The zero-order chi connectivity index (χ0) is 14.5. The minimum absolute atomic E-state index is 0.0714. The second-order valence-electron chi connectivity index (χ2n) is 4.83. The van der Waals surface area contributed by atoms with Crippen molar-refractivity contribution < 1.29 is 14.6 Å².